The Morgan fingerprint density at radius 1 is 1.00 bits per heavy atom. The van der Waals surface area contributed by atoms with Gasteiger partial charge in [-0.05, 0) is 48.0 Å². The molecule has 4 rings (SSSR count). The standard InChI is InChI=1S/C22H14F4N2O4S/c23-16-8-15(22(24,25)26)9-18(10-16)33(30,31)17-3-1-13(2-4-17)11-28-21(29)19-7-14-5-6-27-12-20(14)32-19/h1-10,12H,11H2,(H,28,29). The second kappa shape index (κ2) is 8.32. The second-order valence-electron chi connectivity index (χ2n) is 7.03. The number of halogens is 4. The molecule has 6 nitrogen and oxygen atoms in total. The van der Waals surface area contributed by atoms with Crippen LogP contribution < -0.4 is 5.32 Å². The van der Waals surface area contributed by atoms with E-state index in [0.717, 1.165) is 0 Å². The zero-order chi connectivity index (χ0) is 23.8. The van der Waals surface area contributed by atoms with Gasteiger partial charge >= 0.3 is 6.18 Å². The summed E-state index contributed by atoms with van der Waals surface area (Å²) in [4.78, 5) is 15.1. The topological polar surface area (TPSA) is 89.3 Å². The highest BCUT2D eigenvalue weighted by molar-refractivity contribution is 7.91. The first kappa shape index (κ1) is 22.5. The number of nitrogens with one attached hydrogen (secondary N) is 1. The molecule has 0 radical (unpaired) electrons. The van der Waals surface area contributed by atoms with Gasteiger partial charge in [0.15, 0.2) is 11.3 Å². The fourth-order valence-electron chi connectivity index (χ4n) is 3.07. The molecule has 0 aliphatic carbocycles. The van der Waals surface area contributed by atoms with Crippen LogP contribution in [0.1, 0.15) is 21.7 Å². The number of sulfone groups is 1. The molecule has 0 aliphatic heterocycles. The number of rotatable bonds is 5. The molecular formula is C22H14F4N2O4S. The van der Waals surface area contributed by atoms with E-state index in [1.807, 2.05) is 0 Å². The largest absolute Gasteiger partial charge is 0.449 e. The molecule has 4 aromatic rings. The Hall–Kier alpha value is -3.73. The molecule has 2 aromatic heterocycles. The van der Waals surface area contributed by atoms with Gasteiger partial charge in [0.05, 0.1) is 21.6 Å². The van der Waals surface area contributed by atoms with E-state index in [1.54, 1.807) is 18.3 Å². The normalized spacial score (nSPS) is 12.1. The zero-order valence-electron chi connectivity index (χ0n) is 16.6. The summed E-state index contributed by atoms with van der Waals surface area (Å²) in [5, 5.41) is 3.32. The van der Waals surface area contributed by atoms with Gasteiger partial charge in [0.2, 0.25) is 9.84 Å². The molecule has 0 unspecified atom stereocenters. The molecule has 0 fully saturated rings. The number of furan rings is 1. The maximum atomic E-state index is 13.6. The Kier molecular flexibility index (Phi) is 5.66. The van der Waals surface area contributed by atoms with Crippen LogP contribution in [0.5, 0.6) is 0 Å². The van der Waals surface area contributed by atoms with E-state index in [9.17, 15) is 30.8 Å². The van der Waals surface area contributed by atoms with Crippen molar-refractivity contribution in [3.05, 3.63) is 89.7 Å². The zero-order valence-corrected chi connectivity index (χ0v) is 17.4. The monoisotopic (exact) mass is 478 g/mol. The Labute approximate surface area is 184 Å². The lowest BCUT2D eigenvalue weighted by Gasteiger charge is -2.11. The predicted octanol–water partition coefficient (Wildman–Crippen LogP) is 4.75. The highest BCUT2D eigenvalue weighted by atomic mass is 32.2. The molecule has 0 aliphatic rings. The molecule has 0 spiro atoms. The van der Waals surface area contributed by atoms with E-state index in [0.29, 0.717) is 28.7 Å². The SMILES string of the molecule is O=C(NCc1ccc(S(=O)(=O)c2cc(F)cc(C(F)(F)F)c2)cc1)c1cc2ccncc2o1. The van der Waals surface area contributed by atoms with E-state index in [-0.39, 0.29) is 23.3 Å². The Morgan fingerprint density at radius 2 is 1.73 bits per heavy atom. The maximum Gasteiger partial charge on any atom is 0.416 e. The summed E-state index contributed by atoms with van der Waals surface area (Å²) in [6.07, 6.45) is -1.87. The van der Waals surface area contributed by atoms with Gasteiger partial charge in [-0.25, -0.2) is 12.8 Å². The van der Waals surface area contributed by atoms with Crippen LogP contribution in [0.25, 0.3) is 11.0 Å². The quantitative estimate of drug-likeness (QED) is 0.418. The minimum atomic E-state index is -4.90. The van der Waals surface area contributed by atoms with Crippen molar-refractivity contribution in [1.29, 1.82) is 0 Å². The summed E-state index contributed by atoms with van der Waals surface area (Å²) < 4.78 is 83.2. The smallest absolute Gasteiger partial charge is 0.416 e. The van der Waals surface area contributed by atoms with Gasteiger partial charge in [0, 0.05) is 18.1 Å². The number of benzene rings is 2. The summed E-state index contributed by atoms with van der Waals surface area (Å²) in [6, 6.07) is 9.49. The summed E-state index contributed by atoms with van der Waals surface area (Å²) in [5.74, 6) is -1.74. The summed E-state index contributed by atoms with van der Waals surface area (Å²) >= 11 is 0. The molecule has 1 N–H and O–H groups in total. The summed E-state index contributed by atoms with van der Waals surface area (Å²) in [5.41, 5.74) is -0.430. The first-order chi connectivity index (χ1) is 15.5. The number of pyridine rings is 1. The molecule has 11 heteroatoms. The average Bonchev–Trinajstić information content (AvgIpc) is 3.21. The van der Waals surface area contributed by atoms with Crippen LogP contribution in [-0.2, 0) is 22.6 Å². The van der Waals surface area contributed by atoms with E-state index >= 15 is 0 Å². The van der Waals surface area contributed by atoms with Crippen LogP contribution in [0.15, 0.2) is 81.2 Å². The Morgan fingerprint density at radius 3 is 2.39 bits per heavy atom. The minimum absolute atomic E-state index is 0.0344. The number of hydrogen-bond acceptors (Lipinski definition) is 5. The number of amides is 1. The fraction of sp³-hybridized carbons (Fsp3) is 0.0909. The highest BCUT2D eigenvalue weighted by Gasteiger charge is 2.33. The van der Waals surface area contributed by atoms with Gasteiger partial charge in [-0.3, -0.25) is 9.78 Å². The number of hydrogen-bond donors (Lipinski definition) is 1. The molecule has 0 saturated carbocycles. The molecule has 33 heavy (non-hydrogen) atoms. The lowest BCUT2D eigenvalue weighted by atomic mass is 10.2. The van der Waals surface area contributed by atoms with Crippen molar-refractivity contribution in [1.82, 2.24) is 10.3 Å². The van der Waals surface area contributed by atoms with Crippen molar-refractivity contribution in [3.63, 3.8) is 0 Å². The summed E-state index contributed by atoms with van der Waals surface area (Å²) in [6.45, 7) is 0.0344. The lowest BCUT2D eigenvalue weighted by molar-refractivity contribution is -0.137. The maximum absolute atomic E-state index is 13.6. The average molecular weight is 478 g/mol. The minimum Gasteiger partial charge on any atom is -0.449 e. The number of alkyl halides is 3. The van der Waals surface area contributed by atoms with E-state index < -0.39 is 38.2 Å². The van der Waals surface area contributed by atoms with Crippen molar-refractivity contribution in [2.45, 2.75) is 22.5 Å². The van der Waals surface area contributed by atoms with Crippen LogP contribution in [0.3, 0.4) is 0 Å². The molecule has 0 atom stereocenters. The van der Waals surface area contributed by atoms with Gasteiger partial charge in [-0.1, -0.05) is 12.1 Å². The lowest BCUT2D eigenvalue weighted by Crippen LogP contribution is -2.22. The molecule has 0 saturated heterocycles. The first-order valence-corrected chi connectivity index (χ1v) is 10.9. The van der Waals surface area contributed by atoms with Gasteiger partial charge in [0.25, 0.3) is 5.91 Å². The van der Waals surface area contributed by atoms with Crippen LogP contribution in [0, 0.1) is 5.82 Å². The van der Waals surface area contributed by atoms with Crippen molar-refractivity contribution in [3.8, 4) is 0 Å². The van der Waals surface area contributed by atoms with Gasteiger partial charge in [0.1, 0.15) is 5.82 Å². The molecular weight excluding hydrogens is 464 g/mol. The van der Waals surface area contributed by atoms with Crippen LogP contribution in [0.4, 0.5) is 17.6 Å². The Bertz CT molecular complexity index is 1410. The van der Waals surface area contributed by atoms with Crippen LogP contribution >= 0.6 is 0 Å². The van der Waals surface area contributed by atoms with Crippen LogP contribution in [0.2, 0.25) is 0 Å². The third kappa shape index (κ3) is 4.72. The number of carbonyl (C=O) groups is 1. The molecule has 2 aromatic carbocycles. The molecule has 170 valence electrons. The number of fused-ring (bicyclic) bond motifs is 1. The molecule has 2 heterocycles. The Balaban J connectivity index is 1.50. The summed E-state index contributed by atoms with van der Waals surface area (Å²) in [7, 11) is -4.40. The van der Waals surface area contributed by atoms with Gasteiger partial charge < -0.3 is 9.73 Å². The van der Waals surface area contributed by atoms with Gasteiger partial charge in [-0.2, -0.15) is 13.2 Å². The first-order valence-electron chi connectivity index (χ1n) is 9.37. The van der Waals surface area contributed by atoms with Crippen molar-refractivity contribution >= 4 is 26.7 Å². The highest BCUT2D eigenvalue weighted by Crippen LogP contribution is 2.33. The van der Waals surface area contributed by atoms with E-state index in [1.165, 1.54) is 30.5 Å². The van der Waals surface area contributed by atoms with Crippen LogP contribution in [-0.4, -0.2) is 19.3 Å². The number of nitrogens with zero attached hydrogens (tertiary/aromatic N) is 1. The van der Waals surface area contributed by atoms with E-state index in [2.05, 4.69) is 10.3 Å². The second-order valence-corrected chi connectivity index (χ2v) is 8.98. The van der Waals surface area contributed by atoms with Crippen molar-refractivity contribution in [2.75, 3.05) is 0 Å². The number of aromatic nitrogens is 1. The van der Waals surface area contributed by atoms with E-state index in [4.69, 9.17) is 4.42 Å². The molecule has 0 bridgehead atoms. The van der Waals surface area contributed by atoms with Gasteiger partial charge in [-0.15, -0.1) is 0 Å². The third-order valence-electron chi connectivity index (χ3n) is 4.74. The van der Waals surface area contributed by atoms with Crippen molar-refractivity contribution < 1.29 is 35.2 Å². The molecule has 1 amide bonds. The predicted molar refractivity (Wildman–Crippen MR) is 108 cm³/mol. The number of carbonyl (C=O) groups excluding carboxylic acids is 1. The third-order valence-corrected chi connectivity index (χ3v) is 6.49. The van der Waals surface area contributed by atoms with Crippen molar-refractivity contribution in [2.24, 2.45) is 0 Å². The fourth-order valence-corrected chi connectivity index (χ4v) is 4.39.